The number of unbranched alkanes of at least 4 members (excludes halogenated alkanes) is 1. The molecule has 32 heavy (non-hydrogen) atoms. The predicted molar refractivity (Wildman–Crippen MR) is 120 cm³/mol. The molecule has 0 fully saturated rings. The van der Waals surface area contributed by atoms with E-state index in [0.29, 0.717) is 25.1 Å². The van der Waals surface area contributed by atoms with Gasteiger partial charge in [-0.25, -0.2) is 4.79 Å². The number of thioether (sulfide) groups is 1. The van der Waals surface area contributed by atoms with Gasteiger partial charge in [-0.3, -0.25) is 19.2 Å². The highest BCUT2D eigenvalue weighted by Crippen LogP contribution is 2.07. The molecule has 13 heteroatoms. The predicted octanol–water partition coefficient (Wildman–Crippen LogP) is -1.38. The minimum Gasteiger partial charge on any atom is -0.481 e. The average Bonchev–Trinajstić information content (AvgIpc) is 2.72. The minimum atomic E-state index is -1.41. The lowest BCUT2D eigenvalue weighted by atomic mass is 10.1. The van der Waals surface area contributed by atoms with Gasteiger partial charge in [0.25, 0.3) is 0 Å². The summed E-state index contributed by atoms with van der Waals surface area (Å²) >= 11 is 1.43. The van der Waals surface area contributed by atoms with E-state index < -0.39 is 60.2 Å². The number of carbonyl (C=O) groups is 5. The summed E-state index contributed by atoms with van der Waals surface area (Å²) in [7, 11) is 0. The maximum Gasteiger partial charge on any atom is 0.326 e. The Morgan fingerprint density at radius 3 is 1.84 bits per heavy atom. The zero-order chi connectivity index (χ0) is 24.7. The number of hydrogen-bond acceptors (Lipinski definition) is 8. The fourth-order valence-electron chi connectivity index (χ4n) is 2.64. The van der Waals surface area contributed by atoms with E-state index in [4.69, 9.17) is 16.6 Å². The second-order valence-electron chi connectivity index (χ2n) is 7.31. The van der Waals surface area contributed by atoms with Crippen molar-refractivity contribution in [2.75, 3.05) is 18.6 Å². The van der Waals surface area contributed by atoms with E-state index in [0.717, 1.165) is 0 Å². The largest absolute Gasteiger partial charge is 0.481 e. The van der Waals surface area contributed by atoms with Crippen molar-refractivity contribution < 1.29 is 34.2 Å². The van der Waals surface area contributed by atoms with Crippen LogP contribution in [0.2, 0.25) is 0 Å². The number of rotatable bonds is 17. The van der Waals surface area contributed by atoms with E-state index in [1.54, 1.807) is 0 Å². The zero-order valence-corrected chi connectivity index (χ0v) is 19.3. The lowest BCUT2D eigenvalue weighted by molar-refractivity contribution is -0.143. The highest BCUT2D eigenvalue weighted by Gasteiger charge is 2.29. The van der Waals surface area contributed by atoms with Crippen molar-refractivity contribution in [1.82, 2.24) is 16.0 Å². The molecule has 0 radical (unpaired) electrons. The van der Waals surface area contributed by atoms with Crippen LogP contribution in [0.25, 0.3) is 0 Å². The third-order valence-corrected chi connectivity index (χ3v) is 5.14. The van der Waals surface area contributed by atoms with Gasteiger partial charge in [-0.2, -0.15) is 11.8 Å². The van der Waals surface area contributed by atoms with Crippen LogP contribution in [0, 0.1) is 0 Å². The van der Waals surface area contributed by atoms with E-state index in [2.05, 4.69) is 16.0 Å². The van der Waals surface area contributed by atoms with Gasteiger partial charge in [0.1, 0.15) is 18.1 Å². The molecule has 9 N–H and O–H groups in total. The summed E-state index contributed by atoms with van der Waals surface area (Å²) in [5.41, 5.74) is 11.0. The monoisotopic (exact) mass is 477 g/mol. The highest BCUT2D eigenvalue weighted by molar-refractivity contribution is 7.98. The maximum atomic E-state index is 12.8. The van der Waals surface area contributed by atoms with Gasteiger partial charge in [0.2, 0.25) is 17.7 Å². The Kier molecular flexibility index (Phi) is 15.1. The number of carbonyl (C=O) groups excluding carboxylic acids is 3. The summed E-state index contributed by atoms with van der Waals surface area (Å²) in [6.07, 6.45) is 2.76. The topological polar surface area (TPSA) is 214 Å². The van der Waals surface area contributed by atoms with Gasteiger partial charge >= 0.3 is 11.9 Å². The van der Waals surface area contributed by atoms with E-state index in [1.807, 2.05) is 6.26 Å². The number of carboxylic acid groups (broad SMARTS) is 2. The summed E-state index contributed by atoms with van der Waals surface area (Å²) in [6.45, 7) is 1.89. The van der Waals surface area contributed by atoms with Crippen molar-refractivity contribution >= 4 is 41.4 Å². The van der Waals surface area contributed by atoms with Crippen LogP contribution in [0.5, 0.6) is 0 Å². The smallest absolute Gasteiger partial charge is 0.326 e. The second-order valence-corrected chi connectivity index (χ2v) is 8.29. The first-order valence-electron chi connectivity index (χ1n) is 10.3. The Morgan fingerprint density at radius 1 is 0.844 bits per heavy atom. The van der Waals surface area contributed by atoms with Gasteiger partial charge in [-0.05, 0) is 57.6 Å². The Hall–Kier alpha value is -2.38. The van der Waals surface area contributed by atoms with Crippen molar-refractivity contribution in [2.45, 2.75) is 69.6 Å². The molecule has 0 aromatic heterocycles. The van der Waals surface area contributed by atoms with Crippen molar-refractivity contribution in [1.29, 1.82) is 0 Å². The van der Waals surface area contributed by atoms with Gasteiger partial charge in [0.15, 0.2) is 0 Å². The second kappa shape index (κ2) is 16.3. The number of aliphatic carboxylic acids is 2. The number of carboxylic acids is 2. The van der Waals surface area contributed by atoms with Crippen LogP contribution < -0.4 is 27.4 Å². The molecule has 12 nitrogen and oxygen atoms in total. The van der Waals surface area contributed by atoms with Crippen LogP contribution in [0.15, 0.2) is 0 Å². The van der Waals surface area contributed by atoms with Crippen molar-refractivity contribution in [2.24, 2.45) is 11.5 Å². The molecular weight excluding hydrogens is 442 g/mol. The SMILES string of the molecule is CSCCC(NC(=O)C(CCCCN)NC(=O)C(C)N)C(=O)NC(CCC(=O)O)C(=O)O. The summed E-state index contributed by atoms with van der Waals surface area (Å²) in [5, 5.41) is 25.4. The molecule has 0 rings (SSSR count). The zero-order valence-electron chi connectivity index (χ0n) is 18.5. The molecule has 0 aliphatic carbocycles. The van der Waals surface area contributed by atoms with Gasteiger partial charge < -0.3 is 37.6 Å². The maximum absolute atomic E-state index is 12.8. The molecule has 184 valence electrons. The molecule has 0 aromatic rings. The number of hydrogen-bond donors (Lipinski definition) is 7. The molecular formula is C19H35N5O7S. The highest BCUT2D eigenvalue weighted by atomic mass is 32.2. The van der Waals surface area contributed by atoms with E-state index in [1.165, 1.54) is 18.7 Å². The molecule has 0 aliphatic rings. The van der Waals surface area contributed by atoms with Crippen LogP contribution >= 0.6 is 11.8 Å². The summed E-state index contributed by atoms with van der Waals surface area (Å²) < 4.78 is 0. The molecule has 0 bridgehead atoms. The quantitative estimate of drug-likeness (QED) is 0.122. The Labute approximate surface area is 191 Å². The molecule has 0 saturated carbocycles. The van der Waals surface area contributed by atoms with Crippen LogP contribution in [-0.2, 0) is 24.0 Å². The van der Waals surface area contributed by atoms with Gasteiger partial charge in [0, 0.05) is 6.42 Å². The minimum absolute atomic E-state index is 0.209. The number of nitrogens with two attached hydrogens (primary N) is 2. The van der Waals surface area contributed by atoms with Crippen LogP contribution in [-0.4, -0.2) is 82.6 Å². The summed E-state index contributed by atoms with van der Waals surface area (Å²) in [6, 6.07) is -4.25. The normalized spacial score (nSPS) is 14.5. The Morgan fingerprint density at radius 2 is 1.38 bits per heavy atom. The average molecular weight is 478 g/mol. The fourth-order valence-corrected chi connectivity index (χ4v) is 3.11. The summed E-state index contributed by atoms with van der Waals surface area (Å²) in [4.78, 5) is 59.6. The molecule has 0 spiro atoms. The third kappa shape index (κ3) is 12.5. The van der Waals surface area contributed by atoms with Crippen molar-refractivity contribution in [3.05, 3.63) is 0 Å². The first-order chi connectivity index (χ1) is 15.0. The molecule has 0 heterocycles. The molecule has 0 aliphatic heterocycles. The Balaban J connectivity index is 5.35. The molecule has 4 atom stereocenters. The lowest BCUT2D eigenvalue weighted by Crippen LogP contribution is -2.57. The Bertz CT molecular complexity index is 648. The van der Waals surface area contributed by atoms with Gasteiger partial charge in [0.05, 0.1) is 6.04 Å². The number of nitrogens with one attached hydrogen (secondary N) is 3. The summed E-state index contributed by atoms with van der Waals surface area (Å²) in [5.74, 6) is -3.95. The van der Waals surface area contributed by atoms with Crippen molar-refractivity contribution in [3.63, 3.8) is 0 Å². The molecule has 4 unspecified atom stereocenters. The van der Waals surface area contributed by atoms with Gasteiger partial charge in [-0.15, -0.1) is 0 Å². The first-order valence-corrected chi connectivity index (χ1v) is 11.7. The van der Waals surface area contributed by atoms with Crippen LogP contribution in [0.1, 0.15) is 45.4 Å². The van der Waals surface area contributed by atoms with Crippen molar-refractivity contribution in [3.8, 4) is 0 Å². The molecule has 0 saturated heterocycles. The molecule has 3 amide bonds. The standard InChI is InChI=1S/C19H35N5O7S/c1-11(21)16(27)22-12(5-3-4-9-20)17(28)23-13(8-10-32-2)18(29)24-14(19(30)31)6-7-15(25)26/h11-14H,3-10,20-21H2,1-2H3,(H,22,27)(H,23,28)(H,24,29)(H,25,26)(H,30,31). The van der Waals surface area contributed by atoms with E-state index in [9.17, 15) is 29.1 Å². The number of amides is 3. The van der Waals surface area contributed by atoms with Crippen LogP contribution in [0.4, 0.5) is 0 Å². The van der Waals surface area contributed by atoms with Gasteiger partial charge in [-0.1, -0.05) is 0 Å². The van der Waals surface area contributed by atoms with E-state index in [-0.39, 0.29) is 19.3 Å². The fraction of sp³-hybridized carbons (Fsp3) is 0.737. The van der Waals surface area contributed by atoms with E-state index >= 15 is 0 Å². The first kappa shape index (κ1) is 29.6. The van der Waals surface area contributed by atoms with Crippen LogP contribution in [0.3, 0.4) is 0 Å². The molecule has 0 aromatic carbocycles. The third-order valence-electron chi connectivity index (χ3n) is 4.50. The lowest BCUT2D eigenvalue weighted by Gasteiger charge is -2.25.